The SMILES string of the molecule is CCC(C)C(NC(=O)C(CCC(=O)O)NC(=O)C(Cc1cnc[nH]1)NC(=O)C(N)CCCCN)C(=O)O. The number of carbonyl (C=O) groups is 5. The number of aromatic nitrogens is 2. The van der Waals surface area contributed by atoms with E-state index in [1.54, 1.807) is 13.8 Å². The minimum atomic E-state index is -1.35. The van der Waals surface area contributed by atoms with Crippen molar-refractivity contribution in [3.8, 4) is 0 Å². The first-order valence-corrected chi connectivity index (χ1v) is 12.3. The van der Waals surface area contributed by atoms with E-state index in [4.69, 9.17) is 16.6 Å². The third-order valence-electron chi connectivity index (χ3n) is 5.97. The molecule has 1 aromatic heterocycles. The van der Waals surface area contributed by atoms with Crippen molar-refractivity contribution in [3.63, 3.8) is 0 Å². The topological polar surface area (TPSA) is 243 Å². The van der Waals surface area contributed by atoms with E-state index in [0.29, 0.717) is 37.9 Å². The van der Waals surface area contributed by atoms with Crippen LogP contribution in [-0.4, -0.2) is 80.6 Å². The standard InChI is InChI=1S/C23H39N7O7/c1-3-13(2)19(23(36)37)30-21(34)16(7-8-18(31)32)28-22(35)17(10-14-11-26-12-27-14)29-20(33)15(25)6-4-5-9-24/h11-13,15-17,19H,3-10,24-25H2,1-2H3,(H,26,27)(H,28,35)(H,29,33)(H,30,34)(H,31,32)(H,36,37). The monoisotopic (exact) mass is 525 g/mol. The zero-order chi connectivity index (χ0) is 28.0. The second kappa shape index (κ2) is 16.3. The highest BCUT2D eigenvalue weighted by Gasteiger charge is 2.32. The lowest BCUT2D eigenvalue weighted by atomic mass is 9.98. The molecular formula is C23H39N7O7. The molecule has 0 saturated heterocycles. The molecule has 0 bridgehead atoms. The maximum Gasteiger partial charge on any atom is 0.326 e. The van der Waals surface area contributed by atoms with Crippen molar-refractivity contribution in [1.29, 1.82) is 0 Å². The molecule has 5 unspecified atom stereocenters. The van der Waals surface area contributed by atoms with Crippen LogP contribution in [0.3, 0.4) is 0 Å². The van der Waals surface area contributed by atoms with Crippen LogP contribution in [0.25, 0.3) is 0 Å². The zero-order valence-electron chi connectivity index (χ0n) is 21.2. The highest BCUT2D eigenvalue weighted by molar-refractivity contribution is 5.94. The van der Waals surface area contributed by atoms with E-state index < -0.39 is 66.2 Å². The van der Waals surface area contributed by atoms with Gasteiger partial charge in [-0.05, 0) is 31.7 Å². The van der Waals surface area contributed by atoms with E-state index in [1.807, 2.05) is 0 Å². The van der Waals surface area contributed by atoms with Crippen LogP contribution in [0.4, 0.5) is 0 Å². The van der Waals surface area contributed by atoms with Gasteiger partial charge in [0.2, 0.25) is 17.7 Å². The number of carbonyl (C=O) groups excluding carboxylic acids is 3. The molecular weight excluding hydrogens is 486 g/mol. The van der Waals surface area contributed by atoms with Gasteiger partial charge in [-0.15, -0.1) is 0 Å². The number of nitrogens with zero attached hydrogens (tertiary/aromatic N) is 1. The fourth-order valence-corrected chi connectivity index (χ4v) is 3.49. The van der Waals surface area contributed by atoms with Gasteiger partial charge >= 0.3 is 11.9 Å². The summed E-state index contributed by atoms with van der Waals surface area (Å²) in [5, 5.41) is 26.0. The van der Waals surface area contributed by atoms with Gasteiger partial charge in [-0.1, -0.05) is 26.7 Å². The highest BCUT2D eigenvalue weighted by atomic mass is 16.4. The molecule has 0 aliphatic heterocycles. The molecule has 208 valence electrons. The highest BCUT2D eigenvalue weighted by Crippen LogP contribution is 2.10. The number of nitrogens with one attached hydrogen (secondary N) is 4. The Morgan fingerprint density at radius 1 is 1.00 bits per heavy atom. The fraction of sp³-hybridized carbons (Fsp3) is 0.652. The summed E-state index contributed by atoms with van der Waals surface area (Å²) in [6, 6.07) is -4.64. The molecule has 0 aliphatic rings. The van der Waals surface area contributed by atoms with Crippen molar-refractivity contribution in [2.45, 2.75) is 83.0 Å². The predicted molar refractivity (Wildman–Crippen MR) is 133 cm³/mol. The first kappa shape index (κ1) is 31.5. The molecule has 1 heterocycles. The molecule has 10 N–H and O–H groups in total. The van der Waals surface area contributed by atoms with E-state index in [9.17, 15) is 29.1 Å². The van der Waals surface area contributed by atoms with E-state index in [1.165, 1.54) is 12.5 Å². The molecule has 3 amide bonds. The summed E-state index contributed by atoms with van der Waals surface area (Å²) in [6.07, 6.45) is 4.25. The van der Waals surface area contributed by atoms with Gasteiger partial charge in [0.25, 0.3) is 0 Å². The summed E-state index contributed by atoms with van der Waals surface area (Å²) in [7, 11) is 0. The fourth-order valence-electron chi connectivity index (χ4n) is 3.49. The Morgan fingerprint density at radius 3 is 2.19 bits per heavy atom. The first-order valence-electron chi connectivity index (χ1n) is 12.3. The largest absolute Gasteiger partial charge is 0.481 e. The minimum absolute atomic E-state index is 0.00895. The molecule has 0 aliphatic carbocycles. The number of imidazole rings is 1. The summed E-state index contributed by atoms with van der Waals surface area (Å²) in [4.78, 5) is 68.3. The maximum atomic E-state index is 13.2. The average molecular weight is 526 g/mol. The molecule has 1 aromatic rings. The van der Waals surface area contributed by atoms with Gasteiger partial charge in [0.05, 0.1) is 12.4 Å². The molecule has 1 rings (SSSR count). The van der Waals surface area contributed by atoms with Gasteiger partial charge in [-0.3, -0.25) is 19.2 Å². The van der Waals surface area contributed by atoms with Gasteiger partial charge in [0.15, 0.2) is 0 Å². The molecule has 0 radical (unpaired) electrons. The third kappa shape index (κ3) is 11.4. The van der Waals surface area contributed by atoms with Gasteiger partial charge in [0, 0.05) is 24.7 Å². The van der Waals surface area contributed by atoms with Crippen molar-refractivity contribution < 1.29 is 34.2 Å². The number of amides is 3. The second-order valence-corrected chi connectivity index (χ2v) is 8.94. The predicted octanol–water partition coefficient (Wildman–Crippen LogP) is -1.14. The number of rotatable bonds is 18. The van der Waals surface area contributed by atoms with Crippen LogP contribution >= 0.6 is 0 Å². The van der Waals surface area contributed by atoms with Gasteiger partial charge in [-0.2, -0.15) is 0 Å². The van der Waals surface area contributed by atoms with Gasteiger partial charge in [0.1, 0.15) is 18.1 Å². The van der Waals surface area contributed by atoms with Crippen LogP contribution in [0.15, 0.2) is 12.5 Å². The Hall–Kier alpha value is -3.52. The smallest absolute Gasteiger partial charge is 0.326 e. The Bertz CT molecular complexity index is 894. The van der Waals surface area contributed by atoms with Crippen LogP contribution in [0, 0.1) is 5.92 Å². The van der Waals surface area contributed by atoms with E-state index in [-0.39, 0.29) is 12.8 Å². The summed E-state index contributed by atoms with van der Waals surface area (Å²) in [6.45, 7) is 3.87. The number of unbranched alkanes of at least 4 members (excludes halogenated alkanes) is 1. The van der Waals surface area contributed by atoms with E-state index >= 15 is 0 Å². The Kier molecular flexibility index (Phi) is 13.9. The van der Waals surface area contributed by atoms with E-state index in [0.717, 1.165) is 0 Å². The van der Waals surface area contributed by atoms with Crippen molar-refractivity contribution in [3.05, 3.63) is 18.2 Å². The lowest BCUT2D eigenvalue weighted by molar-refractivity contribution is -0.144. The Morgan fingerprint density at radius 2 is 1.65 bits per heavy atom. The molecule has 14 heteroatoms. The van der Waals surface area contributed by atoms with Crippen LogP contribution in [-0.2, 0) is 30.4 Å². The van der Waals surface area contributed by atoms with Crippen molar-refractivity contribution >= 4 is 29.7 Å². The third-order valence-corrected chi connectivity index (χ3v) is 5.97. The lowest BCUT2D eigenvalue weighted by Crippen LogP contribution is -2.58. The second-order valence-electron chi connectivity index (χ2n) is 8.94. The minimum Gasteiger partial charge on any atom is -0.481 e. The molecule has 14 nitrogen and oxygen atoms in total. The normalized spacial score (nSPS) is 15.0. The number of carboxylic acids is 2. The summed E-state index contributed by atoms with van der Waals surface area (Å²) >= 11 is 0. The molecule has 37 heavy (non-hydrogen) atoms. The van der Waals surface area contributed by atoms with Crippen molar-refractivity contribution in [2.75, 3.05) is 6.54 Å². The summed E-state index contributed by atoms with van der Waals surface area (Å²) in [5.74, 6) is -5.05. The Balaban J connectivity index is 3.06. The molecule has 5 atom stereocenters. The number of nitrogens with two attached hydrogens (primary N) is 2. The van der Waals surface area contributed by atoms with Gasteiger partial charge < -0.3 is 42.6 Å². The zero-order valence-corrected chi connectivity index (χ0v) is 21.2. The number of hydrogen-bond acceptors (Lipinski definition) is 8. The summed E-state index contributed by atoms with van der Waals surface area (Å²) < 4.78 is 0. The van der Waals surface area contributed by atoms with Crippen LogP contribution < -0.4 is 27.4 Å². The summed E-state index contributed by atoms with van der Waals surface area (Å²) in [5.41, 5.74) is 11.9. The lowest BCUT2D eigenvalue weighted by Gasteiger charge is -2.26. The average Bonchev–Trinajstić information content (AvgIpc) is 3.36. The maximum absolute atomic E-state index is 13.2. The van der Waals surface area contributed by atoms with Crippen molar-refractivity contribution in [2.24, 2.45) is 17.4 Å². The van der Waals surface area contributed by atoms with Gasteiger partial charge in [-0.25, -0.2) is 9.78 Å². The van der Waals surface area contributed by atoms with Crippen LogP contribution in [0.2, 0.25) is 0 Å². The number of H-pyrrole nitrogens is 1. The number of hydrogen-bond donors (Lipinski definition) is 8. The number of aromatic amines is 1. The quantitative estimate of drug-likeness (QED) is 0.107. The number of carboxylic acid groups (broad SMARTS) is 2. The first-order chi connectivity index (χ1) is 17.5. The Labute approximate surface area is 215 Å². The molecule has 0 spiro atoms. The van der Waals surface area contributed by atoms with Crippen LogP contribution in [0.1, 0.15) is 58.1 Å². The van der Waals surface area contributed by atoms with Crippen molar-refractivity contribution in [1.82, 2.24) is 25.9 Å². The number of aliphatic carboxylic acids is 2. The van der Waals surface area contributed by atoms with E-state index in [2.05, 4.69) is 25.9 Å². The molecule has 0 aromatic carbocycles. The molecule has 0 saturated carbocycles. The molecule has 0 fully saturated rings. The van der Waals surface area contributed by atoms with Crippen LogP contribution in [0.5, 0.6) is 0 Å².